The molecule has 2 N–H and O–H groups in total. The normalized spacial score (nSPS) is 16.8. The molecule has 3 rings (SSSR count). The van der Waals surface area contributed by atoms with Gasteiger partial charge in [0.2, 0.25) is 5.91 Å². The van der Waals surface area contributed by atoms with Gasteiger partial charge in [0, 0.05) is 30.9 Å². The van der Waals surface area contributed by atoms with Crippen molar-refractivity contribution in [2.45, 2.75) is 45.7 Å². The van der Waals surface area contributed by atoms with Crippen LogP contribution in [0.5, 0.6) is 0 Å². The number of pyridine rings is 1. The number of carbonyl (C=O) groups excluding carboxylic acids is 2. The standard InChI is InChI=1S/C24H32N4O3/c1-16(2)22(27-24(30)31-4)23(29)28-13-5-6-20(28)15-26-21-12-11-19(14-25-21)18-9-7-17(3)8-10-18/h7-12,14,16,20,22H,5-6,13,15H2,1-4H3,(H,25,26)(H,27,30)/t20-,22-/m0/s1. The zero-order valence-electron chi connectivity index (χ0n) is 18.7. The van der Waals surface area contributed by atoms with E-state index in [0.29, 0.717) is 13.1 Å². The number of anilines is 1. The predicted molar refractivity (Wildman–Crippen MR) is 122 cm³/mol. The lowest BCUT2D eigenvalue weighted by Gasteiger charge is -2.31. The number of methoxy groups -OCH3 is 1. The summed E-state index contributed by atoms with van der Waals surface area (Å²) in [6.45, 7) is 7.21. The summed E-state index contributed by atoms with van der Waals surface area (Å²) in [6, 6.07) is 11.8. The lowest BCUT2D eigenvalue weighted by molar-refractivity contribution is -0.135. The topological polar surface area (TPSA) is 83.6 Å². The van der Waals surface area contributed by atoms with Gasteiger partial charge in [-0.25, -0.2) is 9.78 Å². The molecular weight excluding hydrogens is 392 g/mol. The molecule has 1 saturated heterocycles. The third-order valence-electron chi connectivity index (χ3n) is 5.72. The number of alkyl carbamates (subject to hydrolysis) is 1. The molecule has 2 amide bonds. The van der Waals surface area contributed by atoms with E-state index in [-0.39, 0.29) is 17.9 Å². The van der Waals surface area contributed by atoms with Gasteiger partial charge >= 0.3 is 6.09 Å². The van der Waals surface area contributed by atoms with Gasteiger partial charge in [-0.15, -0.1) is 0 Å². The van der Waals surface area contributed by atoms with E-state index in [1.807, 2.05) is 37.1 Å². The second-order valence-corrected chi connectivity index (χ2v) is 8.36. The van der Waals surface area contributed by atoms with Gasteiger partial charge in [-0.1, -0.05) is 43.7 Å². The van der Waals surface area contributed by atoms with Crippen LogP contribution in [0.4, 0.5) is 10.6 Å². The first-order valence-electron chi connectivity index (χ1n) is 10.8. The van der Waals surface area contributed by atoms with Crippen LogP contribution in [0.2, 0.25) is 0 Å². The molecule has 166 valence electrons. The smallest absolute Gasteiger partial charge is 0.407 e. The van der Waals surface area contributed by atoms with E-state index in [2.05, 4.69) is 51.5 Å². The number of aromatic nitrogens is 1. The summed E-state index contributed by atoms with van der Waals surface area (Å²) in [5.41, 5.74) is 3.43. The number of nitrogens with one attached hydrogen (secondary N) is 2. The number of nitrogens with zero attached hydrogens (tertiary/aromatic N) is 2. The molecule has 31 heavy (non-hydrogen) atoms. The minimum Gasteiger partial charge on any atom is -0.453 e. The summed E-state index contributed by atoms with van der Waals surface area (Å²) in [5.74, 6) is 0.687. The molecule has 2 heterocycles. The fourth-order valence-corrected chi connectivity index (χ4v) is 3.85. The molecule has 7 heteroatoms. The number of ether oxygens (including phenoxy) is 1. The minimum absolute atomic E-state index is 0.0307. The molecule has 1 aliphatic rings. The molecule has 0 bridgehead atoms. The van der Waals surface area contributed by atoms with Crippen LogP contribution in [-0.4, -0.2) is 54.2 Å². The summed E-state index contributed by atoms with van der Waals surface area (Å²) in [4.78, 5) is 31.2. The Labute approximate surface area is 184 Å². The van der Waals surface area contributed by atoms with Crippen LogP contribution in [0.3, 0.4) is 0 Å². The van der Waals surface area contributed by atoms with E-state index in [9.17, 15) is 9.59 Å². The second kappa shape index (κ2) is 10.3. The van der Waals surface area contributed by atoms with E-state index < -0.39 is 12.1 Å². The summed E-state index contributed by atoms with van der Waals surface area (Å²) < 4.78 is 4.68. The third-order valence-corrected chi connectivity index (χ3v) is 5.72. The Hall–Kier alpha value is -3.09. The highest BCUT2D eigenvalue weighted by molar-refractivity contribution is 5.86. The second-order valence-electron chi connectivity index (χ2n) is 8.36. The summed E-state index contributed by atoms with van der Waals surface area (Å²) in [7, 11) is 1.30. The van der Waals surface area contributed by atoms with Gasteiger partial charge in [-0.2, -0.15) is 0 Å². The van der Waals surface area contributed by atoms with Crippen molar-refractivity contribution in [1.82, 2.24) is 15.2 Å². The monoisotopic (exact) mass is 424 g/mol. The molecule has 2 atom stereocenters. The van der Waals surface area contributed by atoms with Gasteiger partial charge in [-0.05, 0) is 43.4 Å². The molecule has 7 nitrogen and oxygen atoms in total. The average Bonchev–Trinajstić information content (AvgIpc) is 3.25. The molecule has 0 saturated carbocycles. The first-order chi connectivity index (χ1) is 14.9. The molecule has 1 aromatic heterocycles. The highest BCUT2D eigenvalue weighted by Gasteiger charge is 2.35. The number of amides is 2. The largest absolute Gasteiger partial charge is 0.453 e. The fourth-order valence-electron chi connectivity index (χ4n) is 3.85. The Kier molecular flexibility index (Phi) is 7.50. The maximum atomic E-state index is 13.1. The Morgan fingerprint density at radius 2 is 1.87 bits per heavy atom. The lowest BCUT2D eigenvalue weighted by Crippen LogP contribution is -2.53. The number of hydrogen-bond acceptors (Lipinski definition) is 5. The number of aryl methyl sites for hydroxylation is 1. The van der Waals surface area contributed by atoms with Crippen molar-refractivity contribution < 1.29 is 14.3 Å². The van der Waals surface area contributed by atoms with Crippen LogP contribution < -0.4 is 10.6 Å². The Bertz CT molecular complexity index is 881. The Morgan fingerprint density at radius 3 is 2.48 bits per heavy atom. The third kappa shape index (κ3) is 5.75. The highest BCUT2D eigenvalue weighted by Crippen LogP contribution is 2.22. The summed E-state index contributed by atoms with van der Waals surface area (Å²) >= 11 is 0. The van der Waals surface area contributed by atoms with Crippen LogP contribution in [0.15, 0.2) is 42.6 Å². The number of hydrogen-bond donors (Lipinski definition) is 2. The summed E-state index contributed by atoms with van der Waals surface area (Å²) in [6.07, 6.45) is 3.14. The van der Waals surface area contributed by atoms with Crippen molar-refractivity contribution >= 4 is 17.8 Å². The molecule has 0 spiro atoms. The van der Waals surface area contributed by atoms with Crippen molar-refractivity contribution in [2.24, 2.45) is 5.92 Å². The van der Waals surface area contributed by atoms with E-state index >= 15 is 0 Å². The van der Waals surface area contributed by atoms with Gasteiger partial charge in [0.05, 0.1) is 7.11 Å². The van der Waals surface area contributed by atoms with Crippen LogP contribution >= 0.6 is 0 Å². The average molecular weight is 425 g/mol. The number of likely N-dealkylation sites (tertiary alicyclic amines) is 1. The van der Waals surface area contributed by atoms with Crippen molar-refractivity contribution in [1.29, 1.82) is 0 Å². The highest BCUT2D eigenvalue weighted by atomic mass is 16.5. The maximum Gasteiger partial charge on any atom is 0.407 e. The quantitative estimate of drug-likeness (QED) is 0.706. The first kappa shape index (κ1) is 22.6. The van der Waals surface area contributed by atoms with Gasteiger partial charge in [-0.3, -0.25) is 4.79 Å². The van der Waals surface area contributed by atoms with Crippen LogP contribution in [0.25, 0.3) is 11.1 Å². The zero-order valence-corrected chi connectivity index (χ0v) is 18.7. The van der Waals surface area contributed by atoms with Crippen LogP contribution in [0.1, 0.15) is 32.3 Å². The zero-order chi connectivity index (χ0) is 22.4. The molecule has 0 radical (unpaired) electrons. The molecule has 0 aliphatic carbocycles. The van der Waals surface area contributed by atoms with Gasteiger partial charge in [0.1, 0.15) is 11.9 Å². The molecule has 1 aromatic carbocycles. The predicted octanol–water partition coefficient (Wildman–Crippen LogP) is 3.84. The van der Waals surface area contributed by atoms with Crippen molar-refractivity contribution in [2.75, 3.05) is 25.5 Å². The van der Waals surface area contributed by atoms with Crippen LogP contribution in [-0.2, 0) is 9.53 Å². The van der Waals surface area contributed by atoms with E-state index in [4.69, 9.17) is 0 Å². The Morgan fingerprint density at radius 1 is 1.16 bits per heavy atom. The number of benzene rings is 1. The molecule has 0 unspecified atom stereocenters. The molecule has 2 aromatic rings. The van der Waals surface area contributed by atoms with Gasteiger partial charge in [0.15, 0.2) is 0 Å². The fraction of sp³-hybridized carbons (Fsp3) is 0.458. The van der Waals surface area contributed by atoms with E-state index in [1.54, 1.807) is 0 Å². The maximum absolute atomic E-state index is 13.1. The Balaban J connectivity index is 1.60. The number of carbonyl (C=O) groups is 2. The first-order valence-corrected chi connectivity index (χ1v) is 10.8. The minimum atomic E-state index is -0.597. The summed E-state index contributed by atoms with van der Waals surface area (Å²) in [5, 5.41) is 6.04. The van der Waals surface area contributed by atoms with Crippen molar-refractivity contribution in [3.8, 4) is 11.1 Å². The molecule has 1 aliphatic heterocycles. The van der Waals surface area contributed by atoms with E-state index in [1.165, 1.54) is 12.7 Å². The lowest BCUT2D eigenvalue weighted by atomic mass is 10.0. The van der Waals surface area contributed by atoms with Gasteiger partial charge < -0.3 is 20.3 Å². The van der Waals surface area contributed by atoms with Crippen LogP contribution in [0, 0.1) is 12.8 Å². The van der Waals surface area contributed by atoms with E-state index in [0.717, 1.165) is 29.8 Å². The molecular formula is C24H32N4O3. The van der Waals surface area contributed by atoms with Crippen molar-refractivity contribution in [3.05, 3.63) is 48.2 Å². The van der Waals surface area contributed by atoms with Crippen molar-refractivity contribution in [3.63, 3.8) is 0 Å². The molecule has 1 fully saturated rings. The van der Waals surface area contributed by atoms with Gasteiger partial charge in [0.25, 0.3) is 0 Å². The number of rotatable bonds is 7. The SMILES string of the molecule is COC(=O)N[C@H](C(=O)N1CCC[C@H]1CNc1ccc(-c2ccc(C)cc2)cn1)C(C)C.